The van der Waals surface area contributed by atoms with Gasteiger partial charge >= 0.3 is 12.3 Å². The zero-order valence-electron chi connectivity index (χ0n) is 9.14. The standard InChI is InChI=1S/C10H16F3NO2/c1-7-3-2-4-8(5-7)14-9(15)16-6-10(11,12)13/h7-8H,2-6H2,1H3,(H,14,15). The van der Waals surface area contributed by atoms with Crippen LogP contribution < -0.4 is 5.32 Å². The number of hydrogen-bond acceptors (Lipinski definition) is 2. The lowest BCUT2D eigenvalue weighted by atomic mass is 9.87. The molecule has 0 bridgehead atoms. The van der Waals surface area contributed by atoms with Crippen LogP contribution in [0.15, 0.2) is 0 Å². The van der Waals surface area contributed by atoms with Crippen molar-refractivity contribution in [2.24, 2.45) is 5.92 Å². The van der Waals surface area contributed by atoms with E-state index in [2.05, 4.69) is 17.0 Å². The van der Waals surface area contributed by atoms with Crippen LogP contribution in [0.3, 0.4) is 0 Å². The van der Waals surface area contributed by atoms with Crippen molar-refractivity contribution in [2.45, 2.75) is 44.8 Å². The molecule has 0 aromatic rings. The van der Waals surface area contributed by atoms with Crippen LogP contribution in [0.5, 0.6) is 0 Å². The van der Waals surface area contributed by atoms with Crippen molar-refractivity contribution in [1.82, 2.24) is 5.32 Å². The highest BCUT2D eigenvalue weighted by molar-refractivity contribution is 5.67. The van der Waals surface area contributed by atoms with Gasteiger partial charge in [0, 0.05) is 6.04 Å². The fourth-order valence-electron chi connectivity index (χ4n) is 1.92. The molecule has 0 saturated heterocycles. The third kappa shape index (κ3) is 5.23. The first kappa shape index (κ1) is 13.1. The Bertz CT molecular complexity index is 243. The lowest BCUT2D eigenvalue weighted by molar-refractivity contribution is -0.160. The molecule has 1 aliphatic carbocycles. The molecule has 0 aromatic heterocycles. The number of hydrogen-bond donors (Lipinski definition) is 1. The van der Waals surface area contributed by atoms with Crippen molar-refractivity contribution in [3.05, 3.63) is 0 Å². The maximum absolute atomic E-state index is 11.8. The van der Waals surface area contributed by atoms with E-state index in [4.69, 9.17) is 0 Å². The van der Waals surface area contributed by atoms with Crippen molar-refractivity contribution in [1.29, 1.82) is 0 Å². The van der Waals surface area contributed by atoms with Gasteiger partial charge in [0.1, 0.15) is 0 Å². The predicted molar refractivity (Wildman–Crippen MR) is 52.0 cm³/mol. The van der Waals surface area contributed by atoms with Gasteiger partial charge in [0.15, 0.2) is 6.61 Å². The molecule has 1 amide bonds. The number of nitrogens with one attached hydrogen (secondary N) is 1. The first-order valence-electron chi connectivity index (χ1n) is 5.37. The highest BCUT2D eigenvalue weighted by atomic mass is 19.4. The van der Waals surface area contributed by atoms with Gasteiger partial charge in [0.05, 0.1) is 0 Å². The molecular weight excluding hydrogens is 223 g/mol. The van der Waals surface area contributed by atoms with Crippen LogP contribution in [-0.2, 0) is 4.74 Å². The summed E-state index contributed by atoms with van der Waals surface area (Å²) >= 11 is 0. The third-order valence-corrected chi connectivity index (χ3v) is 2.63. The molecule has 16 heavy (non-hydrogen) atoms. The average molecular weight is 239 g/mol. The summed E-state index contributed by atoms with van der Waals surface area (Å²) in [6, 6.07) is -0.0514. The van der Waals surface area contributed by atoms with Crippen LogP contribution >= 0.6 is 0 Å². The van der Waals surface area contributed by atoms with Crippen molar-refractivity contribution in [3.63, 3.8) is 0 Å². The summed E-state index contributed by atoms with van der Waals surface area (Å²) in [5, 5.41) is 2.46. The molecule has 2 unspecified atom stereocenters. The van der Waals surface area contributed by atoms with Crippen molar-refractivity contribution >= 4 is 6.09 Å². The molecule has 6 heteroatoms. The SMILES string of the molecule is CC1CCCC(NC(=O)OCC(F)(F)F)C1. The van der Waals surface area contributed by atoms with Crippen LogP contribution in [-0.4, -0.2) is 24.9 Å². The average Bonchev–Trinajstić information content (AvgIpc) is 2.14. The van der Waals surface area contributed by atoms with E-state index < -0.39 is 18.9 Å². The number of alkyl carbamates (subject to hydrolysis) is 1. The zero-order valence-corrected chi connectivity index (χ0v) is 9.14. The number of amides is 1. The third-order valence-electron chi connectivity index (χ3n) is 2.63. The molecule has 3 nitrogen and oxygen atoms in total. The molecule has 0 radical (unpaired) electrons. The van der Waals surface area contributed by atoms with E-state index in [0.29, 0.717) is 5.92 Å². The number of carbonyl (C=O) groups excluding carboxylic acids is 1. The van der Waals surface area contributed by atoms with E-state index in [0.717, 1.165) is 25.7 Å². The number of alkyl halides is 3. The van der Waals surface area contributed by atoms with E-state index in [-0.39, 0.29) is 6.04 Å². The molecule has 1 N–H and O–H groups in total. The number of rotatable bonds is 2. The molecule has 1 aliphatic rings. The Morgan fingerprint density at radius 1 is 1.44 bits per heavy atom. The Hall–Kier alpha value is -0.940. The van der Waals surface area contributed by atoms with Crippen LogP contribution in [0.4, 0.5) is 18.0 Å². The minimum absolute atomic E-state index is 0.0514. The van der Waals surface area contributed by atoms with E-state index >= 15 is 0 Å². The molecule has 2 atom stereocenters. The van der Waals surface area contributed by atoms with Gasteiger partial charge in [-0.15, -0.1) is 0 Å². The fourth-order valence-corrected chi connectivity index (χ4v) is 1.92. The van der Waals surface area contributed by atoms with Gasteiger partial charge in [0.25, 0.3) is 0 Å². The maximum Gasteiger partial charge on any atom is 0.422 e. The molecule has 1 fully saturated rings. The first-order valence-corrected chi connectivity index (χ1v) is 5.37. The monoisotopic (exact) mass is 239 g/mol. The summed E-state index contributed by atoms with van der Waals surface area (Å²) in [7, 11) is 0. The van der Waals surface area contributed by atoms with Gasteiger partial charge in [0.2, 0.25) is 0 Å². The summed E-state index contributed by atoms with van der Waals surface area (Å²) in [6.07, 6.45) is -1.72. The second kappa shape index (κ2) is 5.41. The van der Waals surface area contributed by atoms with Gasteiger partial charge in [-0.3, -0.25) is 0 Å². The van der Waals surface area contributed by atoms with Crippen LogP contribution in [0.1, 0.15) is 32.6 Å². The van der Waals surface area contributed by atoms with E-state index in [1.165, 1.54) is 0 Å². The normalized spacial score (nSPS) is 26.2. The fraction of sp³-hybridized carbons (Fsp3) is 0.900. The summed E-state index contributed by atoms with van der Waals surface area (Å²) in [4.78, 5) is 11.0. The molecule has 0 aromatic carbocycles. The topological polar surface area (TPSA) is 38.3 Å². The Morgan fingerprint density at radius 2 is 2.12 bits per heavy atom. The molecule has 1 saturated carbocycles. The maximum atomic E-state index is 11.8. The molecule has 0 spiro atoms. The molecular formula is C10H16F3NO2. The summed E-state index contributed by atoms with van der Waals surface area (Å²) < 4.78 is 39.3. The summed E-state index contributed by atoms with van der Waals surface area (Å²) in [5.41, 5.74) is 0. The van der Waals surface area contributed by atoms with Crippen molar-refractivity contribution in [3.8, 4) is 0 Å². The lowest BCUT2D eigenvalue weighted by Crippen LogP contribution is -2.39. The number of carbonyl (C=O) groups is 1. The second-order valence-corrected chi connectivity index (χ2v) is 4.30. The molecule has 94 valence electrons. The van der Waals surface area contributed by atoms with Gasteiger partial charge in [-0.1, -0.05) is 19.8 Å². The minimum Gasteiger partial charge on any atom is -0.440 e. The van der Waals surface area contributed by atoms with Crippen LogP contribution in [0, 0.1) is 5.92 Å². The predicted octanol–water partition coefficient (Wildman–Crippen LogP) is 2.85. The van der Waals surface area contributed by atoms with Crippen LogP contribution in [0.25, 0.3) is 0 Å². The first-order chi connectivity index (χ1) is 7.37. The quantitative estimate of drug-likeness (QED) is 0.804. The molecule has 0 aliphatic heterocycles. The zero-order chi connectivity index (χ0) is 12.2. The van der Waals surface area contributed by atoms with E-state index in [1.807, 2.05) is 0 Å². The Balaban J connectivity index is 2.23. The highest BCUT2D eigenvalue weighted by Gasteiger charge is 2.30. The van der Waals surface area contributed by atoms with Gasteiger partial charge in [-0.2, -0.15) is 13.2 Å². The van der Waals surface area contributed by atoms with Crippen molar-refractivity contribution in [2.75, 3.05) is 6.61 Å². The van der Waals surface area contributed by atoms with Crippen molar-refractivity contribution < 1.29 is 22.7 Å². The number of ether oxygens (including phenoxy) is 1. The summed E-state index contributed by atoms with van der Waals surface area (Å²) in [6.45, 7) is 0.538. The van der Waals surface area contributed by atoms with E-state index in [9.17, 15) is 18.0 Å². The Labute approximate surface area is 92.3 Å². The molecule has 0 heterocycles. The smallest absolute Gasteiger partial charge is 0.422 e. The minimum atomic E-state index is -4.46. The highest BCUT2D eigenvalue weighted by Crippen LogP contribution is 2.23. The van der Waals surface area contributed by atoms with Gasteiger partial charge < -0.3 is 10.1 Å². The lowest BCUT2D eigenvalue weighted by Gasteiger charge is -2.27. The van der Waals surface area contributed by atoms with E-state index in [1.54, 1.807) is 0 Å². The Kier molecular flexibility index (Phi) is 4.44. The molecule has 1 rings (SSSR count). The Morgan fingerprint density at radius 3 is 2.69 bits per heavy atom. The largest absolute Gasteiger partial charge is 0.440 e. The van der Waals surface area contributed by atoms with Gasteiger partial charge in [-0.25, -0.2) is 4.79 Å². The second-order valence-electron chi connectivity index (χ2n) is 4.30. The van der Waals surface area contributed by atoms with Gasteiger partial charge in [-0.05, 0) is 18.8 Å². The summed E-state index contributed by atoms with van der Waals surface area (Å²) in [5.74, 6) is 0.502. The van der Waals surface area contributed by atoms with Crippen LogP contribution in [0.2, 0.25) is 0 Å². The number of halogens is 3.